The summed E-state index contributed by atoms with van der Waals surface area (Å²) in [6, 6.07) is -0.425. The fraction of sp³-hybridized carbons (Fsp3) is 0.700. The SMILES string of the molecule is O=C1CC(=O)N(C2CCCCNC2=O)C1. The molecule has 0 bridgehead atoms. The Morgan fingerprint density at radius 1 is 1.20 bits per heavy atom. The summed E-state index contributed by atoms with van der Waals surface area (Å²) in [6.07, 6.45) is 2.49. The summed E-state index contributed by atoms with van der Waals surface area (Å²) in [4.78, 5) is 35.6. The summed E-state index contributed by atoms with van der Waals surface area (Å²) < 4.78 is 0. The summed E-state index contributed by atoms with van der Waals surface area (Å²) >= 11 is 0. The van der Waals surface area contributed by atoms with Gasteiger partial charge in [-0.15, -0.1) is 0 Å². The van der Waals surface area contributed by atoms with Gasteiger partial charge >= 0.3 is 0 Å². The van der Waals surface area contributed by atoms with Crippen LogP contribution < -0.4 is 5.32 Å². The lowest BCUT2D eigenvalue weighted by Crippen LogP contribution is -2.46. The van der Waals surface area contributed by atoms with Crippen molar-refractivity contribution in [2.45, 2.75) is 31.7 Å². The van der Waals surface area contributed by atoms with E-state index in [-0.39, 0.29) is 30.6 Å². The first-order chi connectivity index (χ1) is 7.18. The van der Waals surface area contributed by atoms with Crippen LogP contribution in [0.5, 0.6) is 0 Å². The minimum Gasteiger partial charge on any atom is -0.354 e. The van der Waals surface area contributed by atoms with E-state index in [2.05, 4.69) is 5.32 Å². The third-order valence-electron chi connectivity index (χ3n) is 2.90. The van der Waals surface area contributed by atoms with E-state index < -0.39 is 6.04 Å². The zero-order valence-corrected chi connectivity index (χ0v) is 8.49. The molecule has 0 aromatic carbocycles. The van der Waals surface area contributed by atoms with Gasteiger partial charge in [0.05, 0.1) is 13.0 Å². The molecule has 2 heterocycles. The molecule has 0 aromatic rings. The van der Waals surface area contributed by atoms with Gasteiger partial charge in [0.15, 0.2) is 5.78 Å². The van der Waals surface area contributed by atoms with Gasteiger partial charge in [0.1, 0.15) is 6.04 Å². The molecular weight excluding hydrogens is 196 g/mol. The Labute approximate surface area is 87.8 Å². The van der Waals surface area contributed by atoms with E-state index in [1.807, 2.05) is 0 Å². The Kier molecular flexibility index (Phi) is 2.70. The molecule has 1 unspecified atom stereocenters. The molecule has 2 aliphatic heterocycles. The number of likely N-dealkylation sites (tertiary alicyclic amines) is 1. The first-order valence-electron chi connectivity index (χ1n) is 5.27. The molecule has 2 amide bonds. The Bertz CT molecular complexity index is 314. The van der Waals surface area contributed by atoms with E-state index >= 15 is 0 Å². The van der Waals surface area contributed by atoms with Gasteiger partial charge in [0.25, 0.3) is 0 Å². The fourth-order valence-corrected chi connectivity index (χ4v) is 2.11. The predicted molar refractivity (Wildman–Crippen MR) is 52.0 cm³/mol. The fourth-order valence-electron chi connectivity index (χ4n) is 2.11. The highest BCUT2D eigenvalue weighted by Crippen LogP contribution is 2.17. The lowest BCUT2D eigenvalue weighted by molar-refractivity contribution is -0.137. The molecule has 2 aliphatic rings. The van der Waals surface area contributed by atoms with Crippen LogP contribution in [0.4, 0.5) is 0 Å². The standard InChI is InChI=1S/C10H14N2O3/c13-7-5-9(14)12(6-7)8-3-1-2-4-11-10(8)15/h8H,1-6H2,(H,11,15). The number of ketones is 1. The molecule has 2 saturated heterocycles. The van der Waals surface area contributed by atoms with Crippen molar-refractivity contribution in [1.82, 2.24) is 10.2 Å². The van der Waals surface area contributed by atoms with Crippen molar-refractivity contribution in [2.24, 2.45) is 0 Å². The molecule has 0 saturated carbocycles. The number of rotatable bonds is 1. The number of hydrogen-bond donors (Lipinski definition) is 1. The van der Waals surface area contributed by atoms with Gasteiger partial charge in [-0.25, -0.2) is 0 Å². The second-order valence-electron chi connectivity index (χ2n) is 4.04. The van der Waals surface area contributed by atoms with Crippen LogP contribution in [0, 0.1) is 0 Å². The lowest BCUT2D eigenvalue weighted by Gasteiger charge is -2.24. The number of carbonyl (C=O) groups is 3. The van der Waals surface area contributed by atoms with E-state index in [0.717, 1.165) is 12.8 Å². The first-order valence-corrected chi connectivity index (χ1v) is 5.27. The number of nitrogens with one attached hydrogen (secondary N) is 1. The Hall–Kier alpha value is -1.39. The first kappa shape index (κ1) is 10.1. The summed E-state index contributed by atoms with van der Waals surface area (Å²) in [5.41, 5.74) is 0. The smallest absolute Gasteiger partial charge is 0.242 e. The average molecular weight is 210 g/mol. The van der Waals surface area contributed by atoms with E-state index in [0.29, 0.717) is 13.0 Å². The minimum atomic E-state index is -0.425. The molecule has 0 aliphatic carbocycles. The summed E-state index contributed by atoms with van der Waals surface area (Å²) in [5.74, 6) is -0.408. The molecule has 1 N–H and O–H groups in total. The minimum absolute atomic E-state index is 0.0379. The largest absolute Gasteiger partial charge is 0.354 e. The summed E-state index contributed by atoms with van der Waals surface area (Å²) in [5, 5.41) is 2.76. The maximum atomic E-state index is 11.6. The number of carbonyl (C=O) groups excluding carboxylic acids is 3. The van der Waals surface area contributed by atoms with E-state index in [9.17, 15) is 14.4 Å². The van der Waals surface area contributed by atoms with Crippen LogP contribution in [0.1, 0.15) is 25.7 Å². The highest BCUT2D eigenvalue weighted by atomic mass is 16.2. The Balaban J connectivity index is 2.10. The predicted octanol–water partition coefficient (Wildman–Crippen LogP) is -0.543. The van der Waals surface area contributed by atoms with Crippen molar-refractivity contribution in [1.29, 1.82) is 0 Å². The molecule has 5 nitrogen and oxygen atoms in total. The normalized spacial score (nSPS) is 27.9. The van der Waals surface area contributed by atoms with Gasteiger partial charge < -0.3 is 10.2 Å². The van der Waals surface area contributed by atoms with Crippen LogP contribution in [-0.2, 0) is 14.4 Å². The maximum Gasteiger partial charge on any atom is 0.242 e. The Morgan fingerprint density at radius 2 is 2.00 bits per heavy atom. The molecule has 0 radical (unpaired) electrons. The number of Topliss-reactive ketones (excluding diaryl/α,β-unsaturated/α-hetero) is 1. The van der Waals surface area contributed by atoms with Crippen molar-refractivity contribution in [3.63, 3.8) is 0 Å². The molecule has 2 rings (SSSR count). The van der Waals surface area contributed by atoms with Gasteiger partial charge in [0.2, 0.25) is 11.8 Å². The number of amides is 2. The van der Waals surface area contributed by atoms with Crippen molar-refractivity contribution in [3.8, 4) is 0 Å². The van der Waals surface area contributed by atoms with Crippen LogP contribution in [-0.4, -0.2) is 41.6 Å². The van der Waals surface area contributed by atoms with Crippen molar-refractivity contribution >= 4 is 17.6 Å². The molecule has 82 valence electrons. The molecule has 5 heteroatoms. The van der Waals surface area contributed by atoms with E-state index in [1.54, 1.807) is 0 Å². The lowest BCUT2D eigenvalue weighted by atomic mass is 10.1. The number of hydrogen-bond acceptors (Lipinski definition) is 3. The topological polar surface area (TPSA) is 66.5 Å². The van der Waals surface area contributed by atoms with E-state index in [4.69, 9.17) is 0 Å². The highest BCUT2D eigenvalue weighted by Gasteiger charge is 2.36. The summed E-state index contributed by atoms with van der Waals surface area (Å²) in [6.45, 7) is 0.780. The average Bonchev–Trinajstić information content (AvgIpc) is 2.39. The maximum absolute atomic E-state index is 11.6. The van der Waals surface area contributed by atoms with Crippen LogP contribution in [0.3, 0.4) is 0 Å². The second-order valence-corrected chi connectivity index (χ2v) is 4.04. The highest BCUT2D eigenvalue weighted by molar-refractivity contribution is 6.07. The van der Waals surface area contributed by atoms with Crippen molar-refractivity contribution in [2.75, 3.05) is 13.1 Å². The molecule has 1 atom stereocenters. The number of nitrogens with zero attached hydrogens (tertiary/aromatic N) is 1. The molecule has 2 fully saturated rings. The molecule has 0 spiro atoms. The van der Waals surface area contributed by atoms with Crippen LogP contribution >= 0.6 is 0 Å². The zero-order valence-electron chi connectivity index (χ0n) is 8.49. The zero-order chi connectivity index (χ0) is 10.8. The molecular formula is C10H14N2O3. The van der Waals surface area contributed by atoms with Gasteiger partial charge in [-0.3, -0.25) is 14.4 Å². The molecule has 0 aromatic heterocycles. The van der Waals surface area contributed by atoms with Gasteiger partial charge in [-0.2, -0.15) is 0 Å². The van der Waals surface area contributed by atoms with Crippen molar-refractivity contribution < 1.29 is 14.4 Å². The second kappa shape index (κ2) is 4.00. The van der Waals surface area contributed by atoms with Crippen molar-refractivity contribution in [3.05, 3.63) is 0 Å². The third-order valence-corrected chi connectivity index (χ3v) is 2.90. The third kappa shape index (κ3) is 2.00. The Morgan fingerprint density at radius 3 is 2.67 bits per heavy atom. The van der Waals surface area contributed by atoms with Crippen LogP contribution in [0.2, 0.25) is 0 Å². The monoisotopic (exact) mass is 210 g/mol. The van der Waals surface area contributed by atoms with Crippen LogP contribution in [0.15, 0.2) is 0 Å². The van der Waals surface area contributed by atoms with Crippen LogP contribution in [0.25, 0.3) is 0 Å². The van der Waals surface area contributed by atoms with Gasteiger partial charge in [0, 0.05) is 6.54 Å². The summed E-state index contributed by atoms with van der Waals surface area (Å²) in [7, 11) is 0. The van der Waals surface area contributed by atoms with Gasteiger partial charge in [-0.05, 0) is 19.3 Å². The van der Waals surface area contributed by atoms with Gasteiger partial charge in [-0.1, -0.05) is 0 Å². The van der Waals surface area contributed by atoms with E-state index in [1.165, 1.54) is 4.90 Å². The quantitative estimate of drug-likeness (QED) is 0.591. The molecule has 15 heavy (non-hydrogen) atoms.